The maximum Gasteiger partial charge on any atom is 0.224 e. The molecule has 5 nitrogen and oxygen atoms in total. The highest BCUT2D eigenvalue weighted by Gasteiger charge is 2.13. The second kappa shape index (κ2) is 9.31. The first kappa shape index (κ1) is 19.9. The summed E-state index contributed by atoms with van der Waals surface area (Å²) < 4.78 is 23.7. The summed E-state index contributed by atoms with van der Waals surface area (Å²) >= 11 is 0. The molecular formula is C20H23NO4S. The zero-order chi connectivity index (χ0) is 19.0. The zero-order valence-corrected chi connectivity index (χ0v) is 15.3. The van der Waals surface area contributed by atoms with E-state index in [1.165, 1.54) is 12.1 Å². The molecule has 0 unspecified atom stereocenters. The van der Waals surface area contributed by atoms with Crippen molar-refractivity contribution in [1.29, 1.82) is 0 Å². The van der Waals surface area contributed by atoms with Crippen molar-refractivity contribution in [2.75, 3.05) is 18.9 Å². The molecule has 0 saturated heterocycles. The summed E-state index contributed by atoms with van der Waals surface area (Å²) in [5, 5.41) is 11.7. The van der Waals surface area contributed by atoms with Gasteiger partial charge in [0.1, 0.15) is 0 Å². The van der Waals surface area contributed by atoms with E-state index in [0.717, 1.165) is 23.1 Å². The number of hydrogen-bond acceptors (Lipinski definition) is 4. The summed E-state index contributed by atoms with van der Waals surface area (Å²) in [4.78, 5) is 12.2. The van der Waals surface area contributed by atoms with E-state index in [-0.39, 0.29) is 23.0 Å². The number of amides is 1. The lowest BCUT2D eigenvalue weighted by Crippen LogP contribution is -2.27. The number of aliphatic hydroxyl groups is 1. The summed E-state index contributed by atoms with van der Waals surface area (Å²) in [6.07, 6.45) is 2.71. The molecule has 0 spiro atoms. The van der Waals surface area contributed by atoms with Gasteiger partial charge in [0.15, 0.2) is 9.84 Å². The van der Waals surface area contributed by atoms with Gasteiger partial charge in [-0.2, -0.15) is 0 Å². The SMILES string of the molecule is C=Cc1ccc(CCNC(=O)Cc2ccc(S(=O)(=O)CCO)cc2)cc1. The van der Waals surface area contributed by atoms with Crippen LogP contribution in [0.2, 0.25) is 0 Å². The second-order valence-corrected chi connectivity index (χ2v) is 8.02. The van der Waals surface area contributed by atoms with Crippen LogP contribution in [-0.4, -0.2) is 38.3 Å². The predicted octanol–water partition coefficient (Wildman–Crippen LogP) is 2.00. The second-order valence-electron chi connectivity index (χ2n) is 5.91. The fourth-order valence-electron chi connectivity index (χ4n) is 2.47. The first-order chi connectivity index (χ1) is 12.4. The van der Waals surface area contributed by atoms with E-state index in [9.17, 15) is 13.2 Å². The third kappa shape index (κ3) is 5.82. The van der Waals surface area contributed by atoms with Crippen molar-refractivity contribution in [2.24, 2.45) is 0 Å². The normalized spacial score (nSPS) is 11.1. The van der Waals surface area contributed by atoms with Crippen LogP contribution < -0.4 is 5.32 Å². The Balaban J connectivity index is 1.82. The van der Waals surface area contributed by atoms with Gasteiger partial charge in [-0.3, -0.25) is 4.79 Å². The molecule has 0 aliphatic rings. The molecule has 0 atom stereocenters. The van der Waals surface area contributed by atoms with E-state index in [1.807, 2.05) is 24.3 Å². The third-order valence-corrected chi connectivity index (χ3v) is 5.67. The van der Waals surface area contributed by atoms with Gasteiger partial charge < -0.3 is 10.4 Å². The smallest absolute Gasteiger partial charge is 0.224 e. The van der Waals surface area contributed by atoms with Gasteiger partial charge in [-0.1, -0.05) is 49.1 Å². The number of hydrogen-bond donors (Lipinski definition) is 2. The van der Waals surface area contributed by atoms with Crippen molar-refractivity contribution in [2.45, 2.75) is 17.7 Å². The predicted molar refractivity (Wildman–Crippen MR) is 103 cm³/mol. The van der Waals surface area contributed by atoms with Gasteiger partial charge in [0.05, 0.1) is 23.7 Å². The summed E-state index contributed by atoms with van der Waals surface area (Å²) in [6, 6.07) is 14.2. The average molecular weight is 373 g/mol. The van der Waals surface area contributed by atoms with Crippen LogP contribution in [0, 0.1) is 0 Å². The highest BCUT2D eigenvalue weighted by Crippen LogP contribution is 2.13. The quantitative estimate of drug-likeness (QED) is 0.704. The molecule has 26 heavy (non-hydrogen) atoms. The van der Waals surface area contributed by atoms with Crippen LogP contribution in [-0.2, 0) is 27.5 Å². The summed E-state index contributed by atoms with van der Waals surface area (Å²) in [5.74, 6) is -0.417. The molecule has 0 aromatic heterocycles. The number of sulfone groups is 1. The number of nitrogens with one attached hydrogen (secondary N) is 1. The number of rotatable bonds is 9. The van der Waals surface area contributed by atoms with Gasteiger partial charge >= 0.3 is 0 Å². The van der Waals surface area contributed by atoms with Crippen LogP contribution in [0.3, 0.4) is 0 Å². The van der Waals surface area contributed by atoms with E-state index >= 15 is 0 Å². The van der Waals surface area contributed by atoms with Crippen molar-refractivity contribution in [1.82, 2.24) is 5.32 Å². The minimum absolute atomic E-state index is 0.112. The highest BCUT2D eigenvalue weighted by molar-refractivity contribution is 7.91. The van der Waals surface area contributed by atoms with Crippen LogP contribution in [0.1, 0.15) is 16.7 Å². The van der Waals surface area contributed by atoms with Crippen molar-refractivity contribution < 1.29 is 18.3 Å². The third-order valence-electron chi connectivity index (χ3n) is 3.96. The molecule has 2 aromatic rings. The van der Waals surface area contributed by atoms with Gasteiger partial charge in [0.2, 0.25) is 5.91 Å². The summed E-state index contributed by atoms with van der Waals surface area (Å²) in [7, 11) is -3.46. The fourth-order valence-corrected chi connectivity index (χ4v) is 3.49. The van der Waals surface area contributed by atoms with Gasteiger partial charge in [0.25, 0.3) is 0 Å². The van der Waals surface area contributed by atoms with Gasteiger partial charge in [0, 0.05) is 6.54 Å². The highest BCUT2D eigenvalue weighted by atomic mass is 32.2. The molecule has 0 radical (unpaired) electrons. The Kier molecular flexibility index (Phi) is 7.12. The molecule has 0 bridgehead atoms. The zero-order valence-electron chi connectivity index (χ0n) is 14.5. The Morgan fingerprint density at radius 1 is 1.04 bits per heavy atom. The summed E-state index contributed by atoms with van der Waals surface area (Å²) in [5.41, 5.74) is 2.93. The lowest BCUT2D eigenvalue weighted by Gasteiger charge is -2.07. The molecule has 2 N–H and O–H groups in total. The fraction of sp³-hybridized carbons (Fsp3) is 0.250. The van der Waals surface area contributed by atoms with Crippen LogP contribution >= 0.6 is 0 Å². The topological polar surface area (TPSA) is 83.5 Å². The molecule has 0 aliphatic carbocycles. The van der Waals surface area contributed by atoms with Crippen molar-refractivity contribution in [3.8, 4) is 0 Å². The first-order valence-electron chi connectivity index (χ1n) is 8.35. The molecule has 0 saturated carbocycles. The minimum atomic E-state index is -3.46. The molecular weight excluding hydrogens is 350 g/mol. The van der Waals surface area contributed by atoms with E-state index < -0.39 is 16.4 Å². The molecule has 0 aliphatic heterocycles. The number of carbonyl (C=O) groups excluding carboxylic acids is 1. The number of benzene rings is 2. The maximum atomic E-state index is 12.0. The van der Waals surface area contributed by atoms with E-state index in [4.69, 9.17) is 5.11 Å². The van der Waals surface area contributed by atoms with E-state index in [0.29, 0.717) is 6.54 Å². The molecule has 0 heterocycles. The van der Waals surface area contributed by atoms with E-state index in [1.54, 1.807) is 18.2 Å². The Morgan fingerprint density at radius 3 is 2.23 bits per heavy atom. The first-order valence-corrected chi connectivity index (χ1v) is 10.0. The largest absolute Gasteiger partial charge is 0.395 e. The Morgan fingerprint density at radius 2 is 1.65 bits per heavy atom. The lowest BCUT2D eigenvalue weighted by molar-refractivity contribution is -0.120. The maximum absolute atomic E-state index is 12.0. The Hall–Kier alpha value is -2.44. The molecule has 0 fully saturated rings. The molecule has 138 valence electrons. The van der Waals surface area contributed by atoms with Gasteiger partial charge in [-0.15, -0.1) is 0 Å². The average Bonchev–Trinajstić information content (AvgIpc) is 2.63. The van der Waals surface area contributed by atoms with E-state index in [2.05, 4.69) is 11.9 Å². The van der Waals surface area contributed by atoms with Crippen LogP contribution in [0.4, 0.5) is 0 Å². The van der Waals surface area contributed by atoms with Crippen LogP contribution in [0.25, 0.3) is 6.08 Å². The van der Waals surface area contributed by atoms with Crippen LogP contribution in [0.5, 0.6) is 0 Å². The Bertz CT molecular complexity index is 840. The van der Waals surface area contributed by atoms with Crippen molar-refractivity contribution >= 4 is 21.8 Å². The summed E-state index contributed by atoms with van der Waals surface area (Å²) in [6.45, 7) is 3.84. The molecule has 6 heteroatoms. The standard InChI is InChI=1S/C20H23NO4S/c1-2-16-3-5-17(6-4-16)11-12-21-20(23)15-18-7-9-19(10-8-18)26(24,25)14-13-22/h2-10,22H,1,11-15H2,(H,21,23). The molecule has 2 rings (SSSR count). The van der Waals surface area contributed by atoms with Gasteiger partial charge in [-0.25, -0.2) is 8.42 Å². The number of aliphatic hydroxyl groups excluding tert-OH is 1. The number of carbonyl (C=O) groups is 1. The molecule has 2 aromatic carbocycles. The van der Waals surface area contributed by atoms with Crippen molar-refractivity contribution in [3.63, 3.8) is 0 Å². The van der Waals surface area contributed by atoms with Gasteiger partial charge in [-0.05, 0) is 35.2 Å². The lowest BCUT2D eigenvalue weighted by atomic mass is 10.1. The Labute approximate surface area is 154 Å². The van der Waals surface area contributed by atoms with Crippen LogP contribution in [0.15, 0.2) is 60.0 Å². The van der Waals surface area contributed by atoms with Crippen molar-refractivity contribution in [3.05, 3.63) is 71.8 Å². The minimum Gasteiger partial charge on any atom is -0.395 e. The molecule has 1 amide bonds. The monoisotopic (exact) mass is 373 g/mol.